The monoisotopic (exact) mass is 304 g/mol. The molecule has 4 nitrogen and oxygen atoms in total. The highest BCUT2D eigenvalue weighted by Crippen LogP contribution is 2.17. The molecule has 5 heteroatoms. The lowest BCUT2D eigenvalue weighted by Gasteiger charge is -2.08. The third-order valence-electron chi connectivity index (χ3n) is 2.89. The van der Waals surface area contributed by atoms with E-state index in [2.05, 4.69) is 10.6 Å². The van der Waals surface area contributed by atoms with Crippen molar-refractivity contribution in [1.82, 2.24) is 10.6 Å². The van der Waals surface area contributed by atoms with Crippen molar-refractivity contribution >= 4 is 17.2 Å². The van der Waals surface area contributed by atoms with Crippen molar-refractivity contribution in [2.24, 2.45) is 0 Å². The van der Waals surface area contributed by atoms with Gasteiger partial charge in [-0.1, -0.05) is 19.1 Å². The van der Waals surface area contributed by atoms with Crippen molar-refractivity contribution in [3.8, 4) is 5.75 Å². The van der Waals surface area contributed by atoms with Crippen molar-refractivity contribution in [2.75, 3.05) is 19.6 Å². The molecule has 0 aliphatic heterocycles. The number of hydrogen-bond acceptors (Lipinski definition) is 4. The molecule has 1 amide bonds. The largest absolute Gasteiger partial charge is 0.488 e. The Bertz CT molecular complexity index is 555. The summed E-state index contributed by atoms with van der Waals surface area (Å²) < 4.78 is 5.70. The van der Waals surface area contributed by atoms with Crippen LogP contribution in [0.15, 0.2) is 41.8 Å². The Balaban J connectivity index is 1.86. The molecule has 0 aliphatic carbocycles. The van der Waals surface area contributed by atoms with Crippen molar-refractivity contribution in [3.05, 3.63) is 52.2 Å². The first-order valence-corrected chi connectivity index (χ1v) is 7.91. The first-order valence-electron chi connectivity index (χ1n) is 7.03. The molecule has 2 rings (SSSR count). The van der Waals surface area contributed by atoms with Gasteiger partial charge >= 0.3 is 0 Å². The minimum Gasteiger partial charge on any atom is -0.488 e. The number of hydrogen-bond donors (Lipinski definition) is 2. The number of likely N-dealkylation sites (N-methyl/N-ethyl adjacent to an activating group) is 1. The molecule has 0 fully saturated rings. The van der Waals surface area contributed by atoms with Gasteiger partial charge in [0.15, 0.2) is 0 Å². The Morgan fingerprint density at radius 3 is 2.90 bits per heavy atom. The van der Waals surface area contributed by atoms with Crippen LogP contribution < -0.4 is 15.4 Å². The molecule has 2 aromatic rings. The summed E-state index contributed by atoms with van der Waals surface area (Å²) in [6, 6.07) is 11.3. The van der Waals surface area contributed by atoms with E-state index in [1.165, 1.54) is 0 Å². The molecular formula is C16H20N2O2S. The number of amides is 1. The van der Waals surface area contributed by atoms with Crippen LogP contribution in [0.4, 0.5) is 0 Å². The van der Waals surface area contributed by atoms with E-state index in [0.717, 1.165) is 18.0 Å². The molecule has 0 atom stereocenters. The first-order chi connectivity index (χ1) is 10.3. The summed E-state index contributed by atoms with van der Waals surface area (Å²) in [6.45, 7) is 4.87. The average molecular weight is 304 g/mol. The van der Waals surface area contributed by atoms with E-state index >= 15 is 0 Å². The predicted molar refractivity (Wildman–Crippen MR) is 86.0 cm³/mol. The fraction of sp³-hybridized carbons (Fsp3) is 0.312. The second-order valence-corrected chi connectivity index (χ2v) is 5.54. The minimum atomic E-state index is -0.0746. The second-order valence-electron chi connectivity index (χ2n) is 4.51. The van der Waals surface area contributed by atoms with Gasteiger partial charge < -0.3 is 15.4 Å². The minimum absolute atomic E-state index is 0.0746. The quantitative estimate of drug-likeness (QED) is 0.737. The van der Waals surface area contributed by atoms with Crippen molar-refractivity contribution in [1.29, 1.82) is 0 Å². The van der Waals surface area contributed by atoms with Crippen LogP contribution in [0.1, 0.15) is 22.2 Å². The molecule has 0 unspecified atom stereocenters. The zero-order valence-corrected chi connectivity index (χ0v) is 12.9. The highest BCUT2D eigenvalue weighted by Gasteiger charge is 2.06. The topological polar surface area (TPSA) is 50.4 Å². The predicted octanol–water partition coefficient (Wildman–Crippen LogP) is 2.67. The Hall–Kier alpha value is -1.85. The smallest absolute Gasteiger partial charge is 0.251 e. The zero-order valence-electron chi connectivity index (χ0n) is 12.1. The molecule has 0 saturated carbocycles. The summed E-state index contributed by atoms with van der Waals surface area (Å²) in [5.41, 5.74) is 0.621. The van der Waals surface area contributed by atoms with Gasteiger partial charge in [-0.05, 0) is 36.2 Å². The van der Waals surface area contributed by atoms with Crippen LogP contribution in [-0.2, 0) is 6.61 Å². The molecule has 1 aromatic heterocycles. The lowest BCUT2D eigenvalue weighted by atomic mass is 10.2. The maximum absolute atomic E-state index is 12.0. The van der Waals surface area contributed by atoms with Crippen LogP contribution in [0.25, 0.3) is 0 Å². The molecule has 2 N–H and O–H groups in total. The normalized spacial score (nSPS) is 10.3. The molecule has 0 saturated heterocycles. The van der Waals surface area contributed by atoms with E-state index in [9.17, 15) is 4.79 Å². The van der Waals surface area contributed by atoms with Gasteiger partial charge in [-0.3, -0.25) is 4.79 Å². The highest BCUT2D eigenvalue weighted by atomic mass is 32.1. The summed E-state index contributed by atoms with van der Waals surface area (Å²) in [4.78, 5) is 13.2. The van der Waals surface area contributed by atoms with E-state index in [1.54, 1.807) is 23.5 Å². The lowest BCUT2D eigenvalue weighted by Crippen LogP contribution is -2.31. The van der Waals surface area contributed by atoms with Gasteiger partial charge in [0.05, 0.1) is 0 Å². The number of benzene rings is 1. The SMILES string of the molecule is CCNCCNC(=O)c1cccc(OCc2cccs2)c1. The van der Waals surface area contributed by atoms with Crippen LogP contribution in [0, 0.1) is 0 Å². The number of carbonyl (C=O) groups is 1. The summed E-state index contributed by atoms with van der Waals surface area (Å²) in [7, 11) is 0. The van der Waals surface area contributed by atoms with E-state index in [4.69, 9.17) is 4.74 Å². The third kappa shape index (κ3) is 5.21. The molecular weight excluding hydrogens is 284 g/mol. The van der Waals surface area contributed by atoms with Gasteiger partial charge in [0.25, 0.3) is 5.91 Å². The Labute approximate surface area is 129 Å². The molecule has 1 aromatic carbocycles. The van der Waals surface area contributed by atoms with Crippen molar-refractivity contribution in [3.63, 3.8) is 0 Å². The van der Waals surface area contributed by atoms with Crippen LogP contribution in [0.5, 0.6) is 5.75 Å². The third-order valence-corrected chi connectivity index (χ3v) is 3.74. The highest BCUT2D eigenvalue weighted by molar-refractivity contribution is 7.09. The van der Waals surface area contributed by atoms with Crippen molar-refractivity contribution < 1.29 is 9.53 Å². The van der Waals surface area contributed by atoms with Gasteiger partial charge in [-0.2, -0.15) is 0 Å². The molecule has 0 bridgehead atoms. The van der Waals surface area contributed by atoms with Crippen LogP contribution in [0.2, 0.25) is 0 Å². The van der Waals surface area contributed by atoms with Crippen molar-refractivity contribution in [2.45, 2.75) is 13.5 Å². The molecule has 112 valence electrons. The summed E-state index contributed by atoms with van der Waals surface area (Å²) in [5.74, 6) is 0.636. The van der Waals surface area contributed by atoms with Gasteiger partial charge in [0.1, 0.15) is 12.4 Å². The standard InChI is InChI=1S/C16H20N2O2S/c1-2-17-8-9-18-16(19)13-5-3-6-14(11-13)20-12-15-7-4-10-21-15/h3-7,10-11,17H,2,8-9,12H2,1H3,(H,18,19). The summed E-state index contributed by atoms with van der Waals surface area (Å²) in [6.07, 6.45) is 0. The molecule has 0 spiro atoms. The van der Waals surface area contributed by atoms with Gasteiger partial charge in [-0.15, -0.1) is 11.3 Å². The maximum atomic E-state index is 12.0. The van der Waals surface area contributed by atoms with E-state index < -0.39 is 0 Å². The van der Waals surface area contributed by atoms with Crippen LogP contribution in [0.3, 0.4) is 0 Å². The molecule has 0 aliphatic rings. The lowest BCUT2D eigenvalue weighted by molar-refractivity contribution is 0.0953. The first kappa shape index (κ1) is 15.5. The number of thiophene rings is 1. The number of ether oxygens (including phenoxy) is 1. The molecule has 0 radical (unpaired) electrons. The number of rotatable bonds is 8. The Kier molecular flexibility index (Phi) is 6.24. The van der Waals surface area contributed by atoms with Crippen LogP contribution >= 0.6 is 11.3 Å². The Morgan fingerprint density at radius 2 is 2.14 bits per heavy atom. The van der Waals surface area contributed by atoms with E-state index in [0.29, 0.717) is 24.5 Å². The van der Waals surface area contributed by atoms with E-state index in [-0.39, 0.29) is 5.91 Å². The Morgan fingerprint density at radius 1 is 1.24 bits per heavy atom. The molecule has 21 heavy (non-hydrogen) atoms. The molecule has 1 heterocycles. The second kappa shape index (κ2) is 8.44. The van der Waals surface area contributed by atoms with Crippen LogP contribution in [-0.4, -0.2) is 25.5 Å². The summed E-state index contributed by atoms with van der Waals surface area (Å²) in [5, 5.41) is 8.06. The fourth-order valence-corrected chi connectivity index (χ4v) is 2.44. The number of carbonyl (C=O) groups excluding carboxylic acids is 1. The van der Waals surface area contributed by atoms with Gasteiger partial charge in [-0.25, -0.2) is 0 Å². The fourth-order valence-electron chi connectivity index (χ4n) is 1.82. The van der Waals surface area contributed by atoms with E-state index in [1.807, 2.05) is 36.6 Å². The average Bonchev–Trinajstić information content (AvgIpc) is 3.03. The number of nitrogens with one attached hydrogen (secondary N) is 2. The maximum Gasteiger partial charge on any atom is 0.251 e. The zero-order chi connectivity index (χ0) is 14.9. The van der Waals surface area contributed by atoms with Gasteiger partial charge in [0.2, 0.25) is 0 Å². The van der Waals surface area contributed by atoms with Gasteiger partial charge in [0, 0.05) is 23.5 Å². The summed E-state index contributed by atoms with van der Waals surface area (Å²) >= 11 is 1.66.